The molecule has 0 saturated carbocycles. The monoisotopic (exact) mass is 404 g/mol. The summed E-state index contributed by atoms with van der Waals surface area (Å²) in [5, 5.41) is 0. The van der Waals surface area contributed by atoms with Gasteiger partial charge in [0, 0.05) is 26.7 Å². The molecule has 2 amide bonds. The van der Waals surface area contributed by atoms with Gasteiger partial charge in [0.05, 0.1) is 19.3 Å². The van der Waals surface area contributed by atoms with Gasteiger partial charge in [-0.25, -0.2) is 4.79 Å². The maximum Gasteiger partial charge on any atom is 0.409 e. The van der Waals surface area contributed by atoms with Gasteiger partial charge in [0.2, 0.25) is 0 Å². The van der Waals surface area contributed by atoms with Crippen LogP contribution in [0.3, 0.4) is 0 Å². The molecule has 3 rings (SSSR count). The fraction of sp³-hybridized carbons (Fsp3) is 0.571. The van der Waals surface area contributed by atoms with Crippen molar-refractivity contribution >= 4 is 18.0 Å². The van der Waals surface area contributed by atoms with Gasteiger partial charge in [0.25, 0.3) is 5.91 Å². The van der Waals surface area contributed by atoms with Crippen molar-refractivity contribution in [3.63, 3.8) is 0 Å². The van der Waals surface area contributed by atoms with Crippen LogP contribution in [0, 0.1) is 5.92 Å². The molecule has 0 N–H and O–H groups in total. The van der Waals surface area contributed by atoms with Crippen LogP contribution in [0.5, 0.6) is 0 Å². The van der Waals surface area contributed by atoms with Gasteiger partial charge in [-0.05, 0) is 25.3 Å². The lowest BCUT2D eigenvalue weighted by atomic mass is 9.75. The molecular formula is C21H28N2O6. The van der Waals surface area contributed by atoms with Gasteiger partial charge in [-0.2, -0.15) is 0 Å². The third-order valence-corrected chi connectivity index (χ3v) is 5.97. The van der Waals surface area contributed by atoms with Crippen LogP contribution in [0.4, 0.5) is 4.79 Å². The van der Waals surface area contributed by atoms with Gasteiger partial charge in [-0.3, -0.25) is 9.59 Å². The number of hydrogen-bond acceptors (Lipinski definition) is 6. The number of nitrogens with zero attached hydrogens (tertiary/aromatic N) is 2. The molecule has 1 aromatic carbocycles. The largest absolute Gasteiger partial charge is 0.466 e. The van der Waals surface area contributed by atoms with Crippen LogP contribution in [-0.4, -0.2) is 73.3 Å². The summed E-state index contributed by atoms with van der Waals surface area (Å²) in [4.78, 5) is 41.5. The summed E-state index contributed by atoms with van der Waals surface area (Å²) in [5.74, 6) is -1.40. The van der Waals surface area contributed by atoms with Gasteiger partial charge >= 0.3 is 12.1 Å². The van der Waals surface area contributed by atoms with Crippen molar-refractivity contribution in [3.05, 3.63) is 35.9 Å². The van der Waals surface area contributed by atoms with E-state index in [1.807, 2.05) is 30.3 Å². The Morgan fingerprint density at radius 2 is 1.79 bits per heavy atom. The van der Waals surface area contributed by atoms with E-state index in [0.717, 1.165) is 5.56 Å². The van der Waals surface area contributed by atoms with Crippen molar-refractivity contribution in [2.24, 2.45) is 5.92 Å². The van der Waals surface area contributed by atoms with Crippen LogP contribution in [0.1, 0.15) is 25.3 Å². The Bertz CT molecular complexity index is 745. The molecule has 0 aliphatic carbocycles. The summed E-state index contributed by atoms with van der Waals surface area (Å²) in [6.45, 7) is 3.11. The molecule has 1 spiro atoms. The summed E-state index contributed by atoms with van der Waals surface area (Å²) in [6.07, 6.45) is -0.411. The zero-order valence-electron chi connectivity index (χ0n) is 17.1. The number of hydrogen-bond donors (Lipinski definition) is 0. The van der Waals surface area contributed by atoms with E-state index in [2.05, 4.69) is 0 Å². The molecule has 2 saturated heterocycles. The average Bonchev–Trinajstić information content (AvgIpc) is 2.96. The SMILES string of the molecule is CCOC(=O)[C@@H]1[C@@H](OC)C(=O)N(Cc2ccccc2)C12CCN(C(=O)OC)CC2. The Hall–Kier alpha value is -2.61. The smallest absolute Gasteiger partial charge is 0.409 e. The molecule has 0 aromatic heterocycles. The van der Waals surface area contributed by atoms with E-state index in [1.165, 1.54) is 14.2 Å². The molecule has 29 heavy (non-hydrogen) atoms. The lowest BCUT2D eigenvalue weighted by molar-refractivity contribution is -0.157. The normalized spacial score (nSPS) is 23.3. The molecule has 0 radical (unpaired) electrons. The number of carbonyl (C=O) groups excluding carboxylic acids is 3. The van der Waals surface area contributed by atoms with E-state index >= 15 is 0 Å². The van der Waals surface area contributed by atoms with Crippen molar-refractivity contribution in [2.75, 3.05) is 33.9 Å². The predicted molar refractivity (Wildman–Crippen MR) is 104 cm³/mol. The quantitative estimate of drug-likeness (QED) is 0.696. The second-order valence-corrected chi connectivity index (χ2v) is 7.36. The number of likely N-dealkylation sites (tertiary alicyclic amines) is 2. The Balaban J connectivity index is 1.97. The van der Waals surface area contributed by atoms with E-state index in [4.69, 9.17) is 14.2 Å². The zero-order valence-corrected chi connectivity index (χ0v) is 17.1. The molecule has 0 unspecified atom stereocenters. The van der Waals surface area contributed by atoms with Crippen LogP contribution >= 0.6 is 0 Å². The second-order valence-electron chi connectivity index (χ2n) is 7.36. The van der Waals surface area contributed by atoms with Crippen molar-refractivity contribution in [3.8, 4) is 0 Å². The highest BCUT2D eigenvalue weighted by Gasteiger charge is 2.63. The third kappa shape index (κ3) is 3.81. The lowest BCUT2D eigenvalue weighted by Crippen LogP contribution is -2.58. The van der Waals surface area contributed by atoms with Crippen LogP contribution in [0.2, 0.25) is 0 Å². The number of esters is 1. The topological polar surface area (TPSA) is 85.4 Å². The molecular weight excluding hydrogens is 376 g/mol. The van der Waals surface area contributed by atoms with Gasteiger partial charge < -0.3 is 24.0 Å². The minimum atomic E-state index is -0.901. The molecule has 2 atom stereocenters. The summed E-state index contributed by atoms with van der Waals surface area (Å²) in [5.41, 5.74) is 0.194. The van der Waals surface area contributed by atoms with Gasteiger partial charge in [0.15, 0.2) is 6.10 Å². The van der Waals surface area contributed by atoms with E-state index in [1.54, 1.807) is 16.7 Å². The highest BCUT2D eigenvalue weighted by molar-refractivity contribution is 5.93. The average molecular weight is 404 g/mol. The van der Waals surface area contributed by atoms with Crippen molar-refractivity contribution in [1.29, 1.82) is 0 Å². The highest BCUT2D eigenvalue weighted by Crippen LogP contribution is 2.46. The maximum absolute atomic E-state index is 13.3. The van der Waals surface area contributed by atoms with Crippen molar-refractivity contribution in [2.45, 2.75) is 38.0 Å². The summed E-state index contributed by atoms with van der Waals surface area (Å²) >= 11 is 0. The van der Waals surface area contributed by atoms with Crippen molar-refractivity contribution in [1.82, 2.24) is 9.80 Å². The molecule has 2 heterocycles. The molecule has 1 aromatic rings. The van der Waals surface area contributed by atoms with E-state index in [-0.39, 0.29) is 12.5 Å². The number of ether oxygens (including phenoxy) is 3. The molecule has 8 nitrogen and oxygen atoms in total. The predicted octanol–water partition coefficient (Wildman–Crippen LogP) is 1.82. The second kappa shape index (κ2) is 8.82. The zero-order chi connectivity index (χ0) is 21.0. The Labute approximate surface area is 170 Å². The minimum Gasteiger partial charge on any atom is -0.466 e. The Morgan fingerprint density at radius 1 is 1.14 bits per heavy atom. The first-order chi connectivity index (χ1) is 14.0. The standard InChI is InChI=1S/C21H28N2O6/c1-4-29-19(25)16-17(27-2)18(24)23(14-15-8-6-5-7-9-15)21(16)10-12-22(13-11-21)20(26)28-3/h5-9,16-17H,4,10-14H2,1-3H3/t16-,17+/m0/s1. The van der Waals surface area contributed by atoms with Gasteiger partial charge in [-0.1, -0.05) is 30.3 Å². The highest BCUT2D eigenvalue weighted by atomic mass is 16.5. The molecule has 2 fully saturated rings. The summed E-state index contributed by atoms with van der Waals surface area (Å²) < 4.78 is 15.7. The molecule has 8 heteroatoms. The number of benzene rings is 1. The number of amides is 2. The number of carbonyl (C=O) groups is 3. The molecule has 2 aliphatic rings. The molecule has 158 valence electrons. The van der Waals surface area contributed by atoms with Crippen LogP contribution < -0.4 is 0 Å². The third-order valence-electron chi connectivity index (χ3n) is 5.97. The van der Waals surface area contributed by atoms with Crippen LogP contribution in [0.15, 0.2) is 30.3 Å². The Kier molecular flexibility index (Phi) is 6.42. The van der Waals surface area contributed by atoms with Gasteiger partial charge in [0.1, 0.15) is 5.92 Å². The summed E-state index contributed by atoms with van der Waals surface area (Å²) in [6, 6.07) is 9.64. The maximum atomic E-state index is 13.3. The molecule has 0 bridgehead atoms. The van der Waals surface area contributed by atoms with E-state index in [0.29, 0.717) is 32.5 Å². The number of piperidine rings is 1. The lowest BCUT2D eigenvalue weighted by Gasteiger charge is -2.46. The van der Waals surface area contributed by atoms with Crippen LogP contribution in [-0.2, 0) is 30.3 Å². The molecule has 2 aliphatic heterocycles. The fourth-order valence-electron chi connectivity index (χ4n) is 4.57. The first kappa shape index (κ1) is 21.1. The first-order valence-corrected chi connectivity index (χ1v) is 9.86. The van der Waals surface area contributed by atoms with Crippen LogP contribution in [0.25, 0.3) is 0 Å². The minimum absolute atomic E-state index is 0.221. The number of rotatable bonds is 5. The fourth-order valence-corrected chi connectivity index (χ4v) is 4.57. The van der Waals surface area contributed by atoms with E-state index < -0.39 is 29.6 Å². The summed E-state index contributed by atoms with van der Waals surface area (Å²) in [7, 11) is 2.79. The Morgan fingerprint density at radius 3 is 2.34 bits per heavy atom. The van der Waals surface area contributed by atoms with Gasteiger partial charge in [-0.15, -0.1) is 0 Å². The first-order valence-electron chi connectivity index (χ1n) is 9.86. The van der Waals surface area contributed by atoms with E-state index in [9.17, 15) is 14.4 Å². The number of methoxy groups -OCH3 is 2. The van der Waals surface area contributed by atoms with Crippen molar-refractivity contribution < 1.29 is 28.6 Å².